The lowest BCUT2D eigenvalue weighted by molar-refractivity contribution is 0.282. The molecule has 0 aliphatic heterocycles. The number of hydrogen-bond acceptors (Lipinski definition) is 2. The maximum atomic E-state index is 4.26. The standard InChI is InChI=1S/C10H23N3/c1-9(2)12-8-11-6-7-13(5)10(3)4/h8-10H,6-7H2,1-5H3,(H,11,12). The maximum Gasteiger partial charge on any atom is 0.0826 e. The number of likely N-dealkylation sites (N-methyl/N-ethyl adjacent to an activating group) is 1. The first-order valence-corrected chi connectivity index (χ1v) is 4.98. The molecular weight excluding hydrogens is 162 g/mol. The molecule has 0 bridgehead atoms. The van der Waals surface area contributed by atoms with Crippen molar-refractivity contribution < 1.29 is 0 Å². The topological polar surface area (TPSA) is 27.6 Å². The van der Waals surface area contributed by atoms with Crippen LogP contribution in [0.15, 0.2) is 4.99 Å². The van der Waals surface area contributed by atoms with Crippen molar-refractivity contribution in [1.82, 2.24) is 10.2 Å². The zero-order valence-electron chi connectivity index (χ0n) is 9.54. The molecule has 0 aromatic carbocycles. The van der Waals surface area contributed by atoms with Gasteiger partial charge >= 0.3 is 0 Å². The van der Waals surface area contributed by atoms with Crippen molar-refractivity contribution >= 4 is 6.34 Å². The summed E-state index contributed by atoms with van der Waals surface area (Å²) in [5, 5.41) is 3.14. The molecule has 0 heterocycles. The zero-order valence-corrected chi connectivity index (χ0v) is 9.54. The van der Waals surface area contributed by atoms with Gasteiger partial charge in [-0.25, -0.2) is 0 Å². The maximum absolute atomic E-state index is 4.26. The van der Waals surface area contributed by atoms with Crippen LogP contribution in [0.5, 0.6) is 0 Å². The molecule has 0 radical (unpaired) electrons. The minimum Gasteiger partial charge on any atom is -0.374 e. The summed E-state index contributed by atoms with van der Waals surface area (Å²) in [7, 11) is 2.12. The molecule has 0 saturated heterocycles. The molecule has 0 amide bonds. The summed E-state index contributed by atoms with van der Waals surface area (Å²) in [5.74, 6) is 0. The molecule has 78 valence electrons. The zero-order chi connectivity index (χ0) is 10.3. The highest BCUT2D eigenvalue weighted by Gasteiger charge is 2.00. The Bertz CT molecular complexity index is 141. The highest BCUT2D eigenvalue weighted by atomic mass is 15.1. The van der Waals surface area contributed by atoms with Gasteiger partial charge in [0.05, 0.1) is 12.9 Å². The van der Waals surface area contributed by atoms with E-state index in [0.717, 1.165) is 13.1 Å². The largest absolute Gasteiger partial charge is 0.374 e. The SMILES string of the molecule is CC(C)NC=NCCN(C)C(C)C. The van der Waals surface area contributed by atoms with Gasteiger partial charge in [-0.2, -0.15) is 0 Å². The highest BCUT2D eigenvalue weighted by Crippen LogP contribution is 1.91. The van der Waals surface area contributed by atoms with Gasteiger partial charge in [0.1, 0.15) is 0 Å². The van der Waals surface area contributed by atoms with E-state index in [1.54, 1.807) is 6.34 Å². The third-order valence-electron chi connectivity index (χ3n) is 1.96. The van der Waals surface area contributed by atoms with E-state index in [4.69, 9.17) is 0 Å². The molecule has 0 aromatic heterocycles. The van der Waals surface area contributed by atoms with Crippen molar-refractivity contribution in [2.75, 3.05) is 20.1 Å². The molecule has 0 rings (SSSR count). The Labute approximate surface area is 82.2 Å². The van der Waals surface area contributed by atoms with Crippen LogP contribution in [0.3, 0.4) is 0 Å². The van der Waals surface area contributed by atoms with Gasteiger partial charge in [0.2, 0.25) is 0 Å². The summed E-state index contributed by atoms with van der Waals surface area (Å²) in [6, 6.07) is 1.08. The molecule has 0 unspecified atom stereocenters. The average molecular weight is 185 g/mol. The molecule has 13 heavy (non-hydrogen) atoms. The fraction of sp³-hybridized carbons (Fsp3) is 0.900. The number of nitrogens with zero attached hydrogens (tertiary/aromatic N) is 2. The Morgan fingerprint density at radius 2 is 1.92 bits per heavy atom. The van der Waals surface area contributed by atoms with E-state index in [2.05, 4.69) is 50.0 Å². The van der Waals surface area contributed by atoms with Gasteiger partial charge in [-0.3, -0.25) is 4.99 Å². The molecule has 3 nitrogen and oxygen atoms in total. The monoisotopic (exact) mass is 185 g/mol. The molecule has 0 fully saturated rings. The van der Waals surface area contributed by atoms with Crippen LogP contribution in [0.25, 0.3) is 0 Å². The van der Waals surface area contributed by atoms with Crippen molar-refractivity contribution in [3.8, 4) is 0 Å². The van der Waals surface area contributed by atoms with Crippen LogP contribution in [-0.4, -0.2) is 43.5 Å². The van der Waals surface area contributed by atoms with Gasteiger partial charge in [-0.1, -0.05) is 0 Å². The number of nitrogens with one attached hydrogen (secondary N) is 1. The summed E-state index contributed by atoms with van der Waals surface area (Å²) >= 11 is 0. The fourth-order valence-corrected chi connectivity index (χ4v) is 0.740. The van der Waals surface area contributed by atoms with E-state index in [9.17, 15) is 0 Å². The molecule has 3 heteroatoms. The lowest BCUT2D eigenvalue weighted by atomic mass is 10.3. The summed E-state index contributed by atoms with van der Waals surface area (Å²) in [6.07, 6.45) is 1.80. The Balaban J connectivity index is 3.39. The van der Waals surface area contributed by atoms with E-state index in [1.165, 1.54) is 0 Å². The van der Waals surface area contributed by atoms with E-state index >= 15 is 0 Å². The Morgan fingerprint density at radius 1 is 1.31 bits per heavy atom. The predicted octanol–water partition coefficient (Wildman–Crippen LogP) is 1.35. The second kappa shape index (κ2) is 6.89. The van der Waals surface area contributed by atoms with E-state index in [0.29, 0.717) is 12.1 Å². The lowest BCUT2D eigenvalue weighted by Gasteiger charge is -2.19. The molecule has 0 spiro atoms. The first kappa shape index (κ1) is 12.4. The number of rotatable bonds is 6. The molecule has 0 aromatic rings. The summed E-state index contributed by atoms with van der Waals surface area (Å²) in [4.78, 5) is 6.54. The summed E-state index contributed by atoms with van der Waals surface area (Å²) in [5.41, 5.74) is 0. The average Bonchev–Trinajstić information content (AvgIpc) is 2.02. The van der Waals surface area contributed by atoms with Gasteiger partial charge in [0.15, 0.2) is 0 Å². The fourth-order valence-electron chi connectivity index (χ4n) is 0.740. The van der Waals surface area contributed by atoms with Crippen LogP contribution in [0.4, 0.5) is 0 Å². The second-order valence-corrected chi connectivity index (χ2v) is 3.93. The summed E-state index contributed by atoms with van der Waals surface area (Å²) < 4.78 is 0. The number of hydrogen-bond donors (Lipinski definition) is 1. The third kappa shape index (κ3) is 7.78. The second-order valence-electron chi connectivity index (χ2n) is 3.93. The Kier molecular flexibility index (Phi) is 6.59. The van der Waals surface area contributed by atoms with Crippen molar-refractivity contribution in [2.24, 2.45) is 4.99 Å². The lowest BCUT2D eigenvalue weighted by Crippen LogP contribution is -2.29. The molecule has 1 N–H and O–H groups in total. The van der Waals surface area contributed by atoms with E-state index in [1.807, 2.05) is 0 Å². The van der Waals surface area contributed by atoms with Gasteiger partial charge < -0.3 is 10.2 Å². The normalized spacial score (nSPS) is 12.3. The highest BCUT2D eigenvalue weighted by molar-refractivity contribution is 5.54. The van der Waals surface area contributed by atoms with Gasteiger partial charge in [0.25, 0.3) is 0 Å². The first-order chi connectivity index (χ1) is 6.04. The van der Waals surface area contributed by atoms with Crippen molar-refractivity contribution in [3.05, 3.63) is 0 Å². The van der Waals surface area contributed by atoms with E-state index in [-0.39, 0.29) is 0 Å². The Hall–Kier alpha value is -0.570. The van der Waals surface area contributed by atoms with Crippen molar-refractivity contribution in [1.29, 1.82) is 0 Å². The van der Waals surface area contributed by atoms with Gasteiger partial charge in [-0.05, 0) is 34.7 Å². The van der Waals surface area contributed by atoms with Crippen molar-refractivity contribution in [2.45, 2.75) is 39.8 Å². The van der Waals surface area contributed by atoms with E-state index < -0.39 is 0 Å². The number of aliphatic imine (C=N–C) groups is 1. The van der Waals surface area contributed by atoms with Gasteiger partial charge in [-0.15, -0.1) is 0 Å². The van der Waals surface area contributed by atoms with Crippen LogP contribution >= 0.6 is 0 Å². The minimum atomic E-state index is 0.478. The molecule has 0 aliphatic carbocycles. The third-order valence-corrected chi connectivity index (χ3v) is 1.96. The van der Waals surface area contributed by atoms with Crippen LogP contribution < -0.4 is 5.32 Å². The Morgan fingerprint density at radius 3 is 2.38 bits per heavy atom. The summed E-state index contributed by atoms with van der Waals surface area (Å²) in [6.45, 7) is 10.5. The quantitative estimate of drug-likeness (QED) is 0.500. The van der Waals surface area contributed by atoms with Crippen LogP contribution in [-0.2, 0) is 0 Å². The smallest absolute Gasteiger partial charge is 0.0826 e. The van der Waals surface area contributed by atoms with Crippen molar-refractivity contribution in [3.63, 3.8) is 0 Å². The van der Waals surface area contributed by atoms with Gasteiger partial charge in [0, 0.05) is 18.6 Å². The minimum absolute atomic E-state index is 0.478. The van der Waals surface area contributed by atoms with Crippen LogP contribution in [0.1, 0.15) is 27.7 Å². The molecule has 0 aliphatic rings. The molecule has 0 atom stereocenters. The predicted molar refractivity (Wildman–Crippen MR) is 59.4 cm³/mol. The van der Waals surface area contributed by atoms with Crippen LogP contribution in [0.2, 0.25) is 0 Å². The van der Waals surface area contributed by atoms with Crippen LogP contribution in [0, 0.1) is 0 Å². The molecule has 0 saturated carbocycles. The molecular formula is C10H23N3. The first-order valence-electron chi connectivity index (χ1n) is 4.98.